The lowest BCUT2D eigenvalue weighted by molar-refractivity contribution is -0.164. The van der Waals surface area contributed by atoms with Gasteiger partial charge in [-0.15, -0.1) is 11.3 Å². The molecule has 5 rings (SSSR count). The molecule has 2 fully saturated rings. The minimum Gasteiger partial charge on any atom is -0.479 e. The third kappa shape index (κ3) is 6.49. The Hall–Kier alpha value is -3.37. The number of rotatable bonds is 11. The standard InChI is InChI=1S/C30H37F3N6O5S/c1-6-43-27(40)22-20(35-25(26-34-10-13-45-26)36-23(22)18-8-7-9-19(31)17(18)2)14-38-16-30(32,33)24-21(38)15-37(5)39(24)11-12-44-29(3,4)28(41)42/h7-10,13,21,23-24H,6,11-12,14-16H2,1-5H3,(H,35,36)(H,41,42)/t21?,23-,24?/m0/s1. The van der Waals surface area contributed by atoms with Crippen molar-refractivity contribution < 1.29 is 37.3 Å². The van der Waals surface area contributed by atoms with Crippen LogP contribution in [-0.2, 0) is 19.1 Å². The number of hydrogen-bond donors (Lipinski definition) is 2. The second-order valence-electron chi connectivity index (χ2n) is 11.8. The van der Waals surface area contributed by atoms with Gasteiger partial charge in [-0.1, -0.05) is 12.1 Å². The highest BCUT2D eigenvalue weighted by atomic mass is 32.1. The largest absolute Gasteiger partial charge is 0.479 e. The monoisotopic (exact) mass is 650 g/mol. The van der Waals surface area contributed by atoms with E-state index in [1.165, 1.54) is 42.3 Å². The van der Waals surface area contributed by atoms with E-state index in [1.54, 1.807) is 48.4 Å². The number of esters is 1. The third-order valence-electron chi connectivity index (χ3n) is 8.41. The summed E-state index contributed by atoms with van der Waals surface area (Å²) in [7, 11) is 1.70. The fourth-order valence-corrected chi connectivity index (χ4v) is 6.68. The number of hydrazine groups is 1. The molecule has 45 heavy (non-hydrogen) atoms. The number of nitrogens with one attached hydrogen (secondary N) is 1. The van der Waals surface area contributed by atoms with Crippen molar-refractivity contribution in [2.75, 3.05) is 46.4 Å². The Morgan fingerprint density at radius 2 is 2.04 bits per heavy atom. The first kappa shape index (κ1) is 33.0. The summed E-state index contributed by atoms with van der Waals surface area (Å²) in [5.41, 5.74) is -0.261. The number of aromatic nitrogens is 1. The van der Waals surface area contributed by atoms with Crippen molar-refractivity contribution in [2.45, 2.75) is 57.3 Å². The Labute approximate surface area is 263 Å². The number of halogens is 3. The van der Waals surface area contributed by atoms with Gasteiger partial charge < -0.3 is 19.9 Å². The smallest absolute Gasteiger partial charge is 0.338 e. The Morgan fingerprint density at radius 3 is 2.71 bits per heavy atom. The highest BCUT2D eigenvalue weighted by molar-refractivity contribution is 7.11. The van der Waals surface area contributed by atoms with Crippen molar-refractivity contribution in [1.29, 1.82) is 0 Å². The molecule has 2 aromatic rings. The molecule has 3 aliphatic heterocycles. The topological polar surface area (TPSA) is 120 Å². The summed E-state index contributed by atoms with van der Waals surface area (Å²) < 4.78 is 57.3. The van der Waals surface area contributed by atoms with Gasteiger partial charge in [0.05, 0.1) is 25.3 Å². The molecule has 0 amide bonds. The van der Waals surface area contributed by atoms with E-state index < -0.39 is 53.9 Å². The van der Waals surface area contributed by atoms with Crippen LogP contribution in [0.4, 0.5) is 13.2 Å². The predicted octanol–water partition coefficient (Wildman–Crippen LogP) is 3.23. The summed E-state index contributed by atoms with van der Waals surface area (Å²) in [5.74, 6) is -5.09. The number of thiazole rings is 1. The molecule has 0 bridgehead atoms. The second kappa shape index (κ2) is 12.8. The van der Waals surface area contributed by atoms with Gasteiger partial charge >= 0.3 is 11.9 Å². The first-order valence-corrected chi connectivity index (χ1v) is 15.5. The molecule has 0 spiro atoms. The second-order valence-corrected chi connectivity index (χ2v) is 12.6. The maximum absolute atomic E-state index is 15.8. The minimum atomic E-state index is -3.14. The summed E-state index contributed by atoms with van der Waals surface area (Å²) in [6, 6.07) is 1.74. The van der Waals surface area contributed by atoms with Crippen LogP contribution in [0.5, 0.6) is 0 Å². The number of alkyl halides is 2. The molecule has 15 heteroatoms. The summed E-state index contributed by atoms with van der Waals surface area (Å²) in [5, 5.41) is 18.1. The van der Waals surface area contributed by atoms with Crippen molar-refractivity contribution in [3.63, 3.8) is 0 Å². The number of fused-ring (bicyclic) bond motifs is 1. The number of likely N-dealkylation sites (tertiary alicyclic amines) is 1. The zero-order chi connectivity index (χ0) is 32.7. The summed E-state index contributed by atoms with van der Waals surface area (Å²) in [6.45, 7) is 5.77. The first-order chi connectivity index (χ1) is 21.2. The Kier molecular flexibility index (Phi) is 9.38. The van der Waals surface area contributed by atoms with E-state index in [4.69, 9.17) is 14.5 Å². The Bertz CT molecular complexity index is 1500. The van der Waals surface area contributed by atoms with Crippen LogP contribution in [0, 0.1) is 12.7 Å². The van der Waals surface area contributed by atoms with E-state index in [-0.39, 0.29) is 38.4 Å². The molecule has 0 saturated carbocycles. The molecule has 0 aliphatic carbocycles. The van der Waals surface area contributed by atoms with Crippen LogP contribution in [0.2, 0.25) is 0 Å². The summed E-state index contributed by atoms with van der Waals surface area (Å²) >= 11 is 1.31. The van der Waals surface area contributed by atoms with Gasteiger partial charge in [0.1, 0.15) is 17.9 Å². The highest BCUT2D eigenvalue weighted by Crippen LogP contribution is 2.42. The number of hydrogen-bond acceptors (Lipinski definition) is 11. The van der Waals surface area contributed by atoms with E-state index in [1.807, 2.05) is 0 Å². The number of amidine groups is 1. The molecule has 244 valence electrons. The minimum absolute atomic E-state index is 0.0641. The van der Waals surface area contributed by atoms with Gasteiger partial charge in [0, 0.05) is 50.0 Å². The fourth-order valence-electron chi connectivity index (χ4n) is 6.09. The van der Waals surface area contributed by atoms with Crippen LogP contribution < -0.4 is 5.32 Å². The zero-order valence-electron chi connectivity index (χ0n) is 25.7. The Balaban J connectivity index is 1.49. The SMILES string of the molecule is CCOC(=O)C1=C(CN2CC(F)(F)C3C2CN(C)N3CCOC(C)(C)C(=O)O)NC(c2nccs2)=N[C@H]1c1cccc(F)c1C. The van der Waals surface area contributed by atoms with Crippen LogP contribution in [0.15, 0.2) is 46.0 Å². The maximum Gasteiger partial charge on any atom is 0.338 e. The van der Waals surface area contributed by atoms with Gasteiger partial charge in [-0.3, -0.25) is 9.89 Å². The Morgan fingerprint density at radius 1 is 1.29 bits per heavy atom. The van der Waals surface area contributed by atoms with Gasteiger partial charge in [-0.25, -0.2) is 37.8 Å². The van der Waals surface area contributed by atoms with Crippen LogP contribution in [-0.4, -0.2) is 113 Å². The highest BCUT2D eigenvalue weighted by Gasteiger charge is 2.61. The molecule has 2 N–H and O–H groups in total. The van der Waals surface area contributed by atoms with Gasteiger partial charge in [0.25, 0.3) is 5.92 Å². The van der Waals surface area contributed by atoms with Crippen LogP contribution in [0.1, 0.15) is 42.9 Å². The molecule has 3 aliphatic rings. The summed E-state index contributed by atoms with van der Waals surface area (Å²) in [6.07, 6.45) is 1.60. The molecular weight excluding hydrogens is 613 g/mol. The number of ether oxygens (including phenoxy) is 2. The van der Waals surface area contributed by atoms with Gasteiger partial charge in [-0.2, -0.15) is 0 Å². The van der Waals surface area contributed by atoms with Crippen molar-refractivity contribution in [3.8, 4) is 0 Å². The van der Waals surface area contributed by atoms with Crippen LogP contribution in [0.25, 0.3) is 0 Å². The molecule has 3 atom stereocenters. The zero-order valence-corrected chi connectivity index (χ0v) is 26.5. The van der Waals surface area contributed by atoms with E-state index in [0.717, 1.165) is 0 Å². The molecular formula is C30H37F3N6O5S. The number of nitrogens with zero attached hydrogens (tertiary/aromatic N) is 5. The molecule has 0 radical (unpaired) electrons. The van der Waals surface area contributed by atoms with Crippen LogP contribution in [0.3, 0.4) is 0 Å². The van der Waals surface area contributed by atoms with Crippen molar-refractivity contribution in [3.05, 3.63) is 63.0 Å². The van der Waals surface area contributed by atoms with E-state index in [0.29, 0.717) is 27.7 Å². The third-order valence-corrected chi connectivity index (χ3v) is 9.19. The van der Waals surface area contributed by atoms with Gasteiger partial charge in [0.15, 0.2) is 16.4 Å². The molecule has 1 aromatic heterocycles. The lowest BCUT2D eigenvalue weighted by atomic mass is 9.92. The number of carbonyl (C=O) groups excluding carboxylic acids is 1. The first-order valence-electron chi connectivity index (χ1n) is 14.6. The van der Waals surface area contributed by atoms with Crippen molar-refractivity contribution >= 4 is 29.1 Å². The summed E-state index contributed by atoms with van der Waals surface area (Å²) in [4.78, 5) is 35.7. The normalized spacial score (nSPS) is 24.0. The van der Waals surface area contributed by atoms with Crippen molar-refractivity contribution in [1.82, 2.24) is 25.2 Å². The van der Waals surface area contributed by atoms with E-state index >= 15 is 8.78 Å². The fraction of sp³-hybridized carbons (Fsp3) is 0.533. The van der Waals surface area contributed by atoms with Gasteiger partial charge in [0.2, 0.25) is 0 Å². The quantitative estimate of drug-likeness (QED) is 0.351. The van der Waals surface area contributed by atoms with E-state index in [2.05, 4.69) is 10.3 Å². The number of aliphatic carboxylic acids is 1. The van der Waals surface area contributed by atoms with Crippen LogP contribution >= 0.6 is 11.3 Å². The number of likely N-dealkylation sites (N-methyl/N-ethyl adjacent to an activating group) is 1. The number of carboxylic acids is 1. The number of aliphatic imine (C=N–C) groups is 1. The number of carbonyl (C=O) groups is 2. The average molecular weight is 651 g/mol. The van der Waals surface area contributed by atoms with Crippen molar-refractivity contribution in [2.24, 2.45) is 4.99 Å². The lowest BCUT2D eigenvalue weighted by Gasteiger charge is -2.32. The molecule has 4 heterocycles. The maximum atomic E-state index is 15.8. The van der Waals surface area contributed by atoms with Gasteiger partial charge in [-0.05, 0) is 44.9 Å². The van der Waals surface area contributed by atoms with E-state index in [9.17, 15) is 19.1 Å². The number of carboxylic acid groups (broad SMARTS) is 1. The average Bonchev–Trinajstić information content (AvgIpc) is 3.67. The number of benzene rings is 1. The molecule has 1 aromatic carbocycles. The molecule has 11 nitrogen and oxygen atoms in total. The molecule has 2 unspecified atom stereocenters. The molecule has 2 saturated heterocycles. The predicted molar refractivity (Wildman–Crippen MR) is 160 cm³/mol. The lowest BCUT2D eigenvalue weighted by Crippen LogP contribution is -2.50.